The molecule has 0 aliphatic heterocycles. The minimum absolute atomic E-state index is 0.0564. The maximum absolute atomic E-state index is 12.0. The van der Waals surface area contributed by atoms with Gasteiger partial charge in [-0.3, -0.25) is 20.4 Å². The molecule has 3 heterocycles. The molecule has 3 aromatic rings. The van der Waals surface area contributed by atoms with E-state index in [0.717, 1.165) is 0 Å². The number of nitrogens with one attached hydrogen (secondary N) is 2. The number of rotatable bonds is 4. The third-order valence-electron chi connectivity index (χ3n) is 3.23. The lowest BCUT2D eigenvalue weighted by Gasteiger charge is -2.05. The van der Waals surface area contributed by atoms with E-state index in [1.807, 2.05) is 0 Å². The molecule has 0 aromatic carbocycles. The number of nitrogens with zero attached hydrogens (tertiary/aromatic N) is 1. The fourth-order valence-corrected chi connectivity index (χ4v) is 2.95. The Bertz CT molecular complexity index is 864. The third kappa shape index (κ3) is 3.54. The molecule has 0 saturated heterocycles. The standard InChI is InChI=1S/C16H15N3O4S/c1-9-6-12(10(2)23-9)15(21)19-18-14(20)7-11-8-24-16(17-11)13-4-3-5-22-13/h3-6,8H,7H2,1-2H3,(H,18,20)(H,19,21). The van der Waals surface area contributed by atoms with Gasteiger partial charge in [0.2, 0.25) is 5.91 Å². The van der Waals surface area contributed by atoms with E-state index < -0.39 is 5.91 Å². The zero-order valence-electron chi connectivity index (χ0n) is 13.1. The summed E-state index contributed by atoms with van der Waals surface area (Å²) in [7, 11) is 0. The minimum Gasteiger partial charge on any atom is -0.466 e. The van der Waals surface area contributed by atoms with Gasteiger partial charge in [0.1, 0.15) is 11.5 Å². The van der Waals surface area contributed by atoms with Gasteiger partial charge in [0, 0.05) is 5.38 Å². The number of carbonyl (C=O) groups is 2. The summed E-state index contributed by atoms with van der Waals surface area (Å²) in [4.78, 5) is 28.2. The first kappa shape index (κ1) is 16.0. The van der Waals surface area contributed by atoms with Crippen LogP contribution < -0.4 is 10.9 Å². The molecular formula is C16H15N3O4S. The molecule has 2 amide bonds. The van der Waals surface area contributed by atoms with Crippen LogP contribution in [0, 0.1) is 13.8 Å². The summed E-state index contributed by atoms with van der Waals surface area (Å²) in [6.45, 7) is 3.44. The molecule has 0 fully saturated rings. The molecule has 0 saturated carbocycles. The first-order chi connectivity index (χ1) is 11.5. The Morgan fingerprint density at radius 3 is 2.79 bits per heavy atom. The number of aryl methyl sites for hydroxylation is 2. The summed E-state index contributed by atoms with van der Waals surface area (Å²) in [6.07, 6.45) is 1.62. The lowest BCUT2D eigenvalue weighted by molar-refractivity contribution is -0.121. The van der Waals surface area contributed by atoms with E-state index >= 15 is 0 Å². The molecule has 0 radical (unpaired) electrons. The van der Waals surface area contributed by atoms with Crippen molar-refractivity contribution < 1.29 is 18.4 Å². The highest BCUT2D eigenvalue weighted by Gasteiger charge is 2.15. The Labute approximate surface area is 141 Å². The number of amides is 2. The highest BCUT2D eigenvalue weighted by Crippen LogP contribution is 2.24. The van der Waals surface area contributed by atoms with Crippen LogP contribution >= 0.6 is 11.3 Å². The van der Waals surface area contributed by atoms with E-state index in [4.69, 9.17) is 8.83 Å². The summed E-state index contributed by atoms with van der Waals surface area (Å²) in [6, 6.07) is 5.20. The number of carbonyl (C=O) groups excluding carboxylic acids is 2. The van der Waals surface area contributed by atoms with Gasteiger partial charge in [-0.2, -0.15) is 0 Å². The Hall–Kier alpha value is -2.87. The third-order valence-corrected chi connectivity index (χ3v) is 4.13. The Balaban J connectivity index is 1.54. The normalized spacial score (nSPS) is 10.6. The molecule has 0 unspecified atom stereocenters. The maximum atomic E-state index is 12.0. The van der Waals surface area contributed by atoms with Gasteiger partial charge in [0.15, 0.2) is 10.8 Å². The van der Waals surface area contributed by atoms with E-state index in [9.17, 15) is 9.59 Å². The second-order valence-corrected chi connectivity index (χ2v) is 5.99. The SMILES string of the molecule is Cc1cc(C(=O)NNC(=O)Cc2csc(-c3ccco3)n2)c(C)o1. The van der Waals surface area contributed by atoms with Gasteiger partial charge in [0.05, 0.1) is 23.9 Å². The molecule has 0 atom stereocenters. The molecule has 124 valence electrons. The molecule has 3 aromatic heterocycles. The van der Waals surface area contributed by atoms with Gasteiger partial charge in [-0.05, 0) is 32.0 Å². The Morgan fingerprint density at radius 1 is 1.29 bits per heavy atom. The van der Waals surface area contributed by atoms with E-state index in [2.05, 4.69) is 15.8 Å². The molecule has 0 spiro atoms. The summed E-state index contributed by atoms with van der Waals surface area (Å²) in [5.74, 6) is 1.01. The fraction of sp³-hybridized carbons (Fsp3) is 0.188. The lowest BCUT2D eigenvalue weighted by atomic mass is 10.2. The van der Waals surface area contributed by atoms with Gasteiger partial charge >= 0.3 is 0 Å². The largest absolute Gasteiger partial charge is 0.466 e. The van der Waals surface area contributed by atoms with E-state index in [0.29, 0.717) is 33.5 Å². The average molecular weight is 345 g/mol. The molecule has 24 heavy (non-hydrogen) atoms. The van der Waals surface area contributed by atoms with Crippen LogP contribution in [0.2, 0.25) is 0 Å². The number of aromatic nitrogens is 1. The Morgan fingerprint density at radius 2 is 2.12 bits per heavy atom. The summed E-state index contributed by atoms with van der Waals surface area (Å²) in [5, 5.41) is 2.49. The first-order valence-corrected chi connectivity index (χ1v) is 8.05. The Kier molecular flexibility index (Phi) is 4.48. The zero-order chi connectivity index (χ0) is 17.1. The van der Waals surface area contributed by atoms with Gasteiger partial charge in [0.25, 0.3) is 5.91 Å². The number of hydrogen-bond acceptors (Lipinski definition) is 6. The number of hydrogen-bond donors (Lipinski definition) is 2. The van der Waals surface area contributed by atoms with Crippen molar-refractivity contribution in [1.82, 2.24) is 15.8 Å². The van der Waals surface area contributed by atoms with Gasteiger partial charge in [-0.1, -0.05) is 0 Å². The minimum atomic E-state index is -0.424. The van der Waals surface area contributed by atoms with Crippen LogP contribution in [0.4, 0.5) is 0 Å². The topological polar surface area (TPSA) is 97.4 Å². The molecular weight excluding hydrogens is 330 g/mol. The van der Waals surface area contributed by atoms with Crippen LogP contribution in [0.15, 0.2) is 38.7 Å². The fourth-order valence-electron chi connectivity index (χ4n) is 2.16. The molecule has 0 aliphatic rings. The highest BCUT2D eigenvalue weighted by molar-refractivity contribution is 7.13. The van der Waals surface area contributed by atoms with Crippen LogP contribution in [0.3, 0.4) is 0 Å². The van der Waals surface area contributed by atoms with E-state index in [-0.39, 0.29) is 12.3 Å². The quantitative estimate of drug-likeness (QED) is 0.709. The van der Waals surface area contributed by atoms with Gasteiger partial charge < -0.3 is 8.83 Å². The number of hydrazine groups is 1. The second kappa shape index (κ2) is 6.71. The van der Waals surface area contributed by atoms with Gasteiger partial charge in [-0.15, -0.1) is 11.3 Å². The molecule has 7 nitrogen and oxygen atoms in total. The van der Waals surface area contributed by atoms with Crippen molar-refractivity contribution in [3.05, 3.63) is 52.6 Å². The number of thiazole rings is 1. The summed E-state index contributed by atoms with van der Waals surface area (Å²) < 4.78 is 10.5. The van der Waals surface area contributed by atoms with Crippen LogP contribution in [0.5, 0.6) is 0 Å². The molecule has 0 aliphatic carbocycles. The predicted octanol–water partition coefficient (Wildman–Crippen LogP) is 2.62. The van der Waals surface area contributed by atoms with Crippen molar-refractivity contribution in [2.45, 2.75) is 20.3 Å². The maximum Gasteiger partial charge on any atom is 0.273 e. The molecule has 8 heteroatoms. The van der Waals surface area contributed by atoms with Crippen molar-refractivity contribution in [3.63, 3.8) is 0 Å². The summed E-state index contributed by atoms with van der Waals surface area (Å²) in [5.41, 5.74) is 5.73. The van der Waals surface area contributed by atoms with Crippen LogP contribution in [0.1, 0.15) is 27.6 Å². The second-order valence-electron chi connectivity index (χ2n) is 5.13. The van der Waals surface area contributed by atoms with Crippen LogP contribution in [0.25, 0.3) is 10.8 Å². The van der Waals surface area contributed by atoms with Gasteiger partial charge in [-0.25, -0.2) is 4.98 Å². The average Bonchev–Trinajstić information content (AvgIpc) is 3.25. The van der Waals surface area contributed by atoms with E-state index in [1.165, 1.54) is 11.3 Å². The van der Waals surface area contributed by atoms with Crippen molar-refractivity contribution in [2.24, 2.45) is 0 Å². The molecule has 2 N–H and O–H groups in total. The highest BCUT2D eigenvalue weighted by atomic mass is 32.1. The smallest absolute Gasteiger partial charge is 0.273 e. The summed E-state index contributed by atoms with van der Waals surface area (Å²) >= 11 is 1.39. The molecule has 0 bridgehead atoms. The van der Waals surface area contributed by atoms with Crippen molar-refractivity contribution in [2.75, 3.05) is 0 Å². The van der Waals surface area contributed by atoms with Crippen LogP contribution in [-0.2, 0) is 11.2 Å². The van der Waals surface area contributed by atoms with Crippen molar-refractivity contribution in [3.8, 4) is 10.8 Å². The van der Waals surface area contributed by atoms with Crippen LogP contribution in [-0.4, -0.2) is 16.8 Å². The first-order valence-electron chi connectivity index (χ1n) is 7.17. The lowest BCUT2D eigenvalue weighted by Crippen LogP contribution is -2.42. The van der Waals surface area contributed by atoms with Crippen molar-refractivity contribution in [1.29, 1.82) is 0 Å². The van der Waals surface area contributed by atoms with Crippen molar-refractivity contribution >= 4 is 23.2 Å². The van der Waals surface area contributed by atoms with E-state index in [1.54, 1.807) is 43.7 Å². The molecule has 3 rings (SSSR count). The predicted molar refractivity (Wildman–Crippen MR) is 87.3 cm³/mol. The monoisotopic (exact) mass is 345 g/mol. The zero-order valence-corrected chi connectivity index (χ0v) is 13.9. The number of furan rings is 2.